The van der Waals surface area contributed by atoms with Gasteiger partial charge >= 0.3 is 0 Å². The molecule has 2 heteroatoms. The normalized spacial score (nSPS) is 22.0. The smallest absolute Gasteiger partial charge is 0.145 e. The molecule has 0 aliphatic carbocycles. The third-order valence-electron chi connectivity index (χ3n) is 2.81. The van der Waals surface area contributed by atoms with Crippen molar-refractivity contribution in [2.24, 2.45) is 0 Å². The minimum atomic E-state index is -0.722. The fraction of sp³-hybridized carbons (Fsp3) is 0.529. The molecule has 1 saturated heterocycles. The second-order valence-electron chi connectivity index (χ2n) is 4.60. The van der Waals surface area contributed by atoms with E-state index in [0.29, 0.717) is 0 Å². The van der Waals surface area contributed by atoms with Crippen LogP contribution in [0.2, 0.25) is 0 Å². The highest BCUT2D eigenvalue weighted by Gasteiger charge is 2.31. The number of rotatable bonds is 7. The zero-order valence-electron chi connectivity index (χ0n) is 11.6. The average molecular weight is 258 g/mol. The lowest BCUT2D eigenvalue weighted by Crippen LogP contribution is -1.96. The van der Waals surface area contributed by atoms with Crippen LogP contribution in [0.3, 0.4) is 0 Å². The second-order valence-corrected chi connectivity index (χ2v) is 4.60. The van der Waals surface area contributed by atoms with Gasteiger partial charge in [0.05, 0.1) is 6.10 Å². The van der Waals surface area contributed by atoms with Gasteiger partial charge in [0, 0.05) is 0 Å². The van der Waals surface area contributed by atoms with Crippen molar-refractivity contribution in [1.29, 1.82) is 0 Å². The van der Waals surface area contributed by atoms with E-state index in [1.807, 2.05) is 19.1 Å². The molecule has 1 heterocycles. The summed E-state index contributed by atoms with van der Waals surface area (Å²) in [5.74, 6) is 10.9. The molecule has 1 fully saturated rings. The standard InChI is InChI=1S/C17H22O2/c1-3-4-5-6-7-8-9-12-16(18)13-10-11-14-17-15(2)19-17/h3,9,12,15-18H,1,4-8H2,2H3/b12-9-/t15-,16+,17+/m1/s1. The van der Waals surface area contributed by atoms with Gasteiger partial charge in [0.2, 0.25) is 0 Å². The van der Waals surface area contributed by atoms with Crippen LogP contribution in [0.5, 0.6) is 0 Å². The van der Waals surface area contributed by atoms with Crippen molar-refractivity contribution < 1.29 is 9.84 Å². The Bertz CT molecular complexity index is 414. The van der Waals surface area contributed by atoms with Gasteiger partial charge in [-0.15, -0.1) is 6.58 Å². The van der Waals surface area contributed by atoms with Crippen LogP contribution in [0, 0.1) is 23.7 Å². The molecule has 0 saturated carbocycles. The van der Waals surface area contributed by atoms with E-state index in [2.05, 4.69) is 30.3 Å². The quantitative estimate of drug-likeness (QED) is 0.330. The lowest BCUT2D eigenvalue weighted by atomic mass is 10.1. The predicted octanol–water partition coefficient (Wildman–Crippen LogP) is 2.83. The van der Waals surface area contributed by atoms with Crippen molar-refractivity contribution in [2.75, 3.05) is 0 Å². The molecule has 2 nitrogen and oxygen atoms in total. The first-order valence-electron chi connectivity index (χ1n) is 6.86. The molecule has 0 radical (unpaired) electrons. The Morgan fingerprint density at radius 1 is 1.26 bits per heavy atom. The Hall–Kier alpha value is -1.48. The molecule has 102 valence electrons. The summed E-state index contributed by atoms with van der Waals surface area (Å²) >= 11 is 0. The summed E-state index contributed by atoms with van der Waals surface area (Å²) in [6.45, 7) is 5.66. The number of ether oxygens (including phenoxy) is 1. The summed E-state index contributed by atoms with van der Waals surface area (Å²) in [4.78, 5) is 0. The molecule has 0 bridgehead atoms. The molecule has 0 amide bonds. The zero-order chi connectivity index (χ0) is 13.9. The Morgan fingerprint density at radius 3 is 2.68 bits per heavy atom. The number of hydrogen-bond donors (Lipinski definition) is 1. The summed E-state index contributed by atoms with van der Waals surface area (Å²) in [6.07, 6.45) is 10.8. The minimum Gasteiger partial charge on any atom is -0.377 e. The molecule has 0 aromatic heterocycles. The van der Waals surface area contributed by atoms with E-state index in [0.717, 1.165) is 19.3 Å². The number of epoxide rings is 1. The molecule has 0 aromatic carbocycles. The van der Waals surface area contributed by atoms with Gasteiger partial charge in [-0.1, -0.05) is 30.4 Å². The van der Waals surface area contributed by atoms with E-state index in [4.69, 9.17) is 4.74 Å². The van der Waals surface area contributed by atoms with Crippen molar-refractivity contribution in [3.63, 3.8) is 0 Å². The molecule has 0 aromatic rings. The third kappa shape index (κ3) is 8.27. The number of aliphatic hydroxyl groups excluding tert-OH is 1. The van der Waals surface area contributed by atoms with Crippen LogP contribution in [0.15, 0.2) is 24.8 Å². The Morgan fingerprint density at radius 2 is 2.00 bits per heavy atom. The topological polar surface area (TPSA) is 32.8 Å². The van der Waals surface area contributed by atoms with Gasteiger partial charge in [0.1, 0.15) is 12.2 Å². The molecule has 3 atom stereocenters. The number of hydrogen-bond acceptors (Lipinski definition) is 2. The summed E-state index contributed by atoms with van der Waals surface area (Å²) in [5.41, 5.74) is 0. The first kappa shape index (κ1) is 15.6. The van der Waals surface area contributed by atoms with Crippen LogP contribution >= 0.6 is 0 Å². The lowest BCUT2D eigenvalue weighted by Gasteiger charge is -1.95. The number of unbranched alkanes of at least 4 members (excludes halogenated alkanes) is 4. The first-order valence-corrected chi connectivity index (χ1v) is 6.86. The first-order chi connectivity index (χ1) is 9.24. The van der Waals surface area contributed by atoms with E-state index < -0.39 is 6.10 Å². The van der Waals surface area contributed by atoms with Crippen LogP contribution in [0.4, 0.5) is 0 Å². The fourth-order valence-corrected chi connectivity index (χ4v) is 1.56. The van der Waals surface area contributed by atoms with Crippen LogP contribution in [-0.2, 0) is 4.74 Å². The number of allylic oxidation sites excluding steroid dienone is 2. The molecule has 1 aliphatic heterocycles. The summed E-state index contributed by atoms with van der Waals surface area (Å²) < 4.78 is 5.12. The predicted molar refractivity (Wildman–Crippen MR) is 78.3 cm³/mol. The Balaban J connectivity index is 2.08. The van der Waals surface area contributed by atoms with Crippen molar-refractivity contribution >= 4 is 0 Å². The molecule has 1 aliphatic rings. The summed E-state index contributed by atoms with van der Waals surface area (Å²) in [6, 6.07) is 0. The van der Waals surface area contributed by atoms with Crippen molar-refractivity contribution in [2.45, 2.75) is 57.3 Å². The Labute approximate surface area is 116 Å². The van der Waals surface area contributed by atoms with Crippen LogP contribution in [-0.4, -0.2) is 23.4 Å². The Kier molecular flexibility index (Phi) is 7.75. The van der Waals surface area contributed by atoms with Crippen molar-refractivity contribution in [1.82, 2.24) is 0 Å². The van der Waals surface area contributed by atoms with Crippen molar-refractivity contribution in [3.05, 3.63) is 24.8 Å². The molecule has 0 unspecified atom stereocenters. The van der Waals surface area contributed by atoms with Gasteiger partial charge in [-0.2, -0.15) is 0 Å². The molecular weight excluding hydrogens is 236 g/mol. The van der Waals surface area contributed by atoms with E-state index in [9.17, 15) is 5.11 Å². The van der Waals surface area contributed by atoms with E-state index in [-0.39, 0.29) is 12.2 Å². The maximum atomic E-state index is 9.55. The largest absolute Gasteiger partial charge is 0.377 e. The fourth-order valence-electron chi connectivity index (χ4n) is 1.56. The highest BCUT2D eigenvalue weighted by molar-refractivity contribution is 5.31. The SMILES string of the molecule is C=CCCCCC/C=C\[C@H](O)C#CC#C[C@@H]1O[C@@H]1C. The molecular formula is C17H22O2. The molecule has 1 rings (SSSR count). The van der Waals surface area contributed by atoms with Gasteiger partial charge in [0.25, 0.3) is 0 Å². The van der Waals surface area contributed by atoms with Crippen LogP contribution in [0.25, 0.3) is 0 Å². The summed E-state index contributed by atoms with van der Waals surface area (Å²) in [7, 11) is 0. The van der Waals surface area contributed by atoms with Crippen LogP contribution < -0.4 is 0 Å². The number of aliphatic hydroxyl groups is 1. The zero-order valence-corrected chi connectivity index (χ0v) is 11.6. The molecule has 19 heavy (non-hydrogen) atoms. The maximum absolute atomic E-state index is 9.55. The molecule has 1 N–H and O–H groups in total. The van der Waals surface area contributed by atoms with Gasteiger partial charge in [-0.05, 0) is 50.5 Å². The second kappa shape index (κ2) is 9.45. The highest BCUT2D eigenvalue weighted by atomic mass is 16.6. The lowest BCUT2D eigenvalue weighted by molar-refractivity contribution is 0.280. The van der Waals surface area contributed by atoms with Gasteiger partial charge in [0.15, 0.2) is 0 Å². The van der Waals surface area contributed by atoms with Gasteiger partial charge in [-0.3, -0.25) is 0 Å². The van der Waals surface area contributed by atoms with Crippen molar-refractivity contribution in [3.8, 4) is 23.7 Å². The van der Waals surface area contributed by atoms with Gasteiger partial charge < -0.3 is 9.84 Å². The van der Waals surface area contributed by atoms with E-state index in [1.165, 1.54) is 12.8 Å². The summed E-state index contributed by atoms with van der Waals surface area (Å²) in [5, 5.41) is 9.55. The maximum Gasteiger partial charge on any atom is 0.145 e. The van der Waals surface area contributed by atoms with E-state index >= 15 is 0 Å². The van der Waals surface area contributed by atoms with Gasteiger partial charge in [-0.25, -0.2) is 0 Å². The highest BCUT2D eigenvalue weighted by Crippen LogP contribution is 2.18. The van der Waals surface area contributed by atoms with Crippen LogP contribution in [0.1, 0.15) is 39.0 Å². The molecule has 0 spiro atoms. The van der Waals surface area contributed by atoms with E-state index in [1.54, 1.807) is 6.08 Å². The monoisotopic (exact) mass is 258 g/mol. The average Bonchev–Trinajstić information content (AvgIpc) is 3.09. The minimum absolute atomic E-state index is 0.0394. The third-order valence-corrected chi connectivity index (χ3v) is 2.81.